The predicted octanol–water partition coefficient (Wildman–Crippen LogP) is 1.39. The maximum atomic E-state index is 5.56. The van der Waals surface area contributed by atoms with Crippen LogP contribution in [-0.4, -0.2) is 11.5 Å². The van der Waals surface area contributed by atoms with Gasteiger partial charge in [0.1, 0.15) is 0 Å². The van der Waals surface area contributed by atoms with E-state index in [-0.39, 0.29) is 0 Å². The van der Waals surface area contributed by atoms with Crippen molar-refractivity contribution in [2.75, 3.05) is 11.5 Å². The molecule has 0 saturated carbocycles. The van der Waals surface area contributed by atoms with E-state index in [2.05, 4.69) is 27.9 Å². The molecule has 0 atom stereocenters. The fraction of sp³-hybridized carbons (Fsp3) is 0.429. The predicted molar refractivity (Wildman–Crippen MR) is 54.0 cm³/mol. The first-order valence-corrected chi connectivity index (χ1v) is 4.60. The van der Waals surface area contributed by atoms with Crippen LogP contribution < -0.4 is 11.1 Å². The molecule has 0 spiro atoms. The van der Waals surface area contributed by atoms with Crippen molar-refractivity contribution >= 4 is 22.6 Å². The topological polar surface area (TPSA) is 38.0 Å². The van der Waals surface area contributed by atoms with Gasteiger partial charge in [-0.15, -0.1) is 0 Å². The Morgan fingerprint density at radius 1 is 1.60 bits per heavy atom. The molecule has 0 amide bonds. The van der Waals surface area contributed by atoms with E-state index in [1.807, 2.05) is 26.1 Å². The van der Waals surface area contributed by atoms with Crippen LogP contribution in [0.5, 0.6) is 0 Å². The molecule has 0 aromatic carbocycles. The van der Waals surface area contributed by atoms with Crippen LogP contribution in [0.4, 0.5) is 0 Å². The maximum Gasteiger partial charge on any atom is 0.0393 e. The Morgan fingerprint density at radius 3 is 2.60 bits per heavy atom. The average molecular weight is 252 g/mol. The lowest BCUT2D eigenvalue weighted by molar-refractivity contribution is 0.989. The maximum absolute atomic E-state index is 5.56. The zero-order chi connectivity index (χ0) is 7.98. The van der Waals surface area contributed by atoms with Gasteiger partial charge in [0.25, 0.3) is 0 Å². The summed E-state index contributed by atoms with van der Waals surface area (Å²) in [5.41, 5.74) is 7.57. The minimum absolute atomic E-state index is 0.880. The van der Waals surface area contributed by atoms with Crippen LogP contribution in [0, 0.1) is 0 Å². The number of allylic oxidation sites excluding steroid dienone is 4. The minimum atomic E-state index is 0.880. The molecule has 0 rings (SSSR count). The zero-order valence-electron chi connectivity index (χ0n) is 6.32. The van der Waals surface area contributed by atoms with Gasteiger partial charge in [0, 0.05) is 22.9 Å². The van der Waals surface area contributed by atoms with E-state index in [1.54, 1.807) is 0 Å². The van der Waals surface area contributed by atoms with E-state index in [9.17, 15) is 0 Å². The lowest BCUT2D eigenvalue weighted by Crippen LogP contribution is -2.02. The van der Waals surface area contributed by atoms with Gasteiger partial charge in [-0.1, -0.05) is 22.6 Å². The number of rotatable bonds is 3. The second kappa shape index (κ2) is 5.58. The first-order chi connectivity index (χ1) is 4.70. The highest BCUT2D eigenvalue weighted by molar-refractivity contribution is 14.1. The Morgan fingerprint density at radius 2 is 2.20 bits per heavy atom. The van der Waals surface area contributed by atoms with Gasteiger partial charge < -0.3 is 11.1 Å². The van der Waals surface area contributed by atoms with Crippen molar-refractivity contribution in [2.24, 2.45) is 5.73 Å². The minimum Gasteiger partial charge on any atom is -0.401 e. The van der Waals surface area contributed by atoms with Crippen LogP contribution in [0.2, 0.25) is 0 Å². The molecule has 0 bridgehead atoms. The molecule has 0 aliphatic carbocycles. The summed E-state index contributed by atoms with van der Waals surface area (Å²) in [6.45, 7) is 2.00. The highest BCUT2D eigenvalue weighted by atomic mass is 127. The molecule has 3 heteroatoms. The van der Waals surface area contributed by atoms with Gasteiger partial charge in [-0.25, -0.2) is 0 Å². The molecule has 3 N–H and O–H groups in total. The van der Waals surface area contributed by atoms with E-state index in [0.29, 0.717) is 0 Å². The summed E-state index contributed by atoms with van der Waals surface area (Å²) >= 11 is 2.23. The normalized spacial score (nSPS) is 13.5. The van der Waals surface area contributed by atoms with Gasteiger partial charge in [0.15, 0.2) is 0 Å². The lowest BCUT2D eigenvalue weighted by Gasteiger charge is -1.95. The van der Waals surface area contributed by atoms with Crippen LogP contribution in [-0.2, 0) is 0 Å². The molecule has 10 heavy (non-hydrogen) atoms. The summed E-state index contributed by atoms with van der Waals surface area (Å²) in [4.78, 5) is 0. The van der Waals surface area contributed by atoms with Gasteiger partial charge in [-0.2, -0.15) is 0 Å². The fourth-order valence-corrected chi connectivity index (χ4v) is 0.614. The van der Waals surface area contributed by atoms with E-state index >= 15 is 0 Å². The number of alkyl halides is 1. The molecule has 0 aromatic rings. The molecule has 0 aliphatic rings. The third-order valence-corrected chi connectivity index (χ3v) is 1.98. The molecule has 58 valence electrons. The summed E-state index contributed by atoms with van der Waals surface area (Å²) in [5.74, 6) is 0. The van der Waals surface area contributed by atoms with Crippen LogP contribution in [0.3, 0.4) is 0 Å². The molecule has 0 unspecified atom stereocenters. The molecule has 0 aromatic heterocycles. The quantitative estimate of drug-likeness (QED) is 0.452. The average Bonchev–Trinajstić information content (AvgIpc) is 1.99. The monoisotopic (exact) mass is 252 g/mol. The van der Waals surface area contributed by atoms with Crippen molar-refractivity contribution in [1.82, 2.24) is 5.32 Å². The summed E-state index contributed by atoms with van der Waals surface area (Å²) in [6.07, 6.45) is 3.88. The van der Waals surface area contributed by atoms with Gasteiger partial charge in [-0.05, 0) is 19.1 Å². The molecule has 0 radical (unpaired) electrons. The molecular formula is C7H13IN2. The van der Waals surface area contributed by atoms with E-state index in [1.165, 1.54) is 0 Å². The third-order valence-electron chi connectivity index (χ3n) is 1.10. The standard InChI is InChI=1S/C7H13IN2/c1-6(10-2)3-4-7(9)5-8/h3-4,10H,5,9H2,1-2H3/b6-3-,7-4+. The van der Waals surface area contributed by atoms with Crippen molar-refractivity contribution in [2.45, 2.75) is 6.92 Å². The van der Waals surface area contributed by atoms with Gasteiger partial charge in [-0.3, -0.25) is 0 Å². The first kappa shape index (κ1) is 9.81. The Bertz CT molecular complexity index is 132. The molecule has 0 saturated heterocycles. The molecule has 0 heterocycles. The van der Waals surface area contributed by atoms with Crippen molar-refractivity contribution in [3.63, 3.8) is 0 Å². The van der Waals surface area contributed by atoms with Crippen LogP contribution >= 0.6 is 22.6 Å². The lowest BCUT2D eigenvalue weighted by atomic mass is 10.4. The van der Waals surface area contributed by atoms with Crippen molar-refractivity contribution in [1.29, 1.82) is 0 Å². The number of hydrogen-bond donors (Lipinski definition) is 2. The smallest absolute Gasteiger partial charge is 0.0393 e. The van der Waals surface area contributed by atoms with Crippen LogP contribution in [0.25, 0.3) is 0 Å². The largest absolute Gasteiger partial charge is 0.401 e. The van der Waals surface area contributed by atoms with Crippen molar-refractivity contribution in [3.05, 3.63) is 23.5 Å². The number of nitrogens with two attached hydrogens (primary N) is 1. The van der Waals surface area contributed by atoms with E-state index in [0.717, 1.165) is 15.8 Å². The fourth-order valence-electron chi connectivity index (χ4n) is 0.360. The van der Waals surface area contributed by atoms with E-state index < -0.39 is 0 Å². The summed E-state index contributed by atoms with van der Waals surface area (Å²) in [5, 5.41) is 3.00. The molecule has 2 nitrogen and oxygen atoms in total. The van der Waals surface area contributed by atoms with E-state index in [4.69, 9.17) is 5.73 Å². The first-order valence-electron chi connectivity index (χ1n) is 3.07. The Balaban J connectivity index is 3.91. The molecule has 0 aliphatic heterocycles. The number of nitrogens with one attached hydrogen (secondary N) is 1. The third kappa shape index (κ3) is 4.67. The SMILES string of the molecule is CN/C(C)=C\C=C(\N)CI. The van der Waals surface area contributed by atoms with Crippen LogP contribution in [0.15, 0.2) is 23.5 Å². The van der Waals surface area contributed by atoms with Gasteiger partial charge in [0.05, 0.1) is 0 Å². The van der Waals surface area contributed by atoms with Gasteiger partial charge in [0.2, 0.25) is 0 Å². The Hall–Kier alpha value is -0.190. The highest BCUT2D eigenvalue weighted by Crippen LogP contribution is 1.93. The Kier molecular flexibility index (Phi) is 5.48. The molecule has 0 fully saturated rings. The van der Waals surface area contributed by atoms with Gasteiger partial charge >= 0.3 is 0 Å². The highest BCUT2D eigenvalue weighted by Gasteiger charge is 1.82. The van der Waals surface area contributed by atoms with Crippen molar-refractivity contribution < 1.29 is 0 Å². The summed E-state index contributed by atoms with van der Waals surface area (Å²) in [6, 6.07) is 0. The van der Waals surface area contributed by atoms with Crippen LogP contribution in [0.1, 0.15) is 6.92 Å². The second-order valence-electron chi connectivity index (χ2n) is 1.97. The second-order valence-corrected chi connectivity index (χ2v) is 2.74. The number of halogens is 1. The Labute approximate surface area is 75.7 Å². The van der Waals surface area contributed by atoms with Crippen molar-refractivity contribution in [3.8, 4) is 0 Å². The zero-order valence-corrected chi connectivity index (χ0v) is 8.47. The molecular weight excluding hydrogens is 239 g/mol. The summed E-state index contributed by atoms with van der Waals surface area (Å²) in [7, 11) is 1.89. The number of hydrogen-bond acceptors (Lipinski definition) is 2. The summed E-state index contributed by atoms with van der Waals surface area (Å²) < 4.78 is 0.880.